The number of para-hydroxylation sites is 1. The summed E-state index contributed by atoms with van der Waals surface area (Å²) < 4.78 is 27.6. The van der Waals surface area contributed by atoms with Crippen LogP contribution < -0.4 is 15.0 Å². The summed E-state index contributed by atoms with van der Waals surface area (Å²) in [7, 11) is 0. The highest BCUT2D eigenvalue weighted by molar-refractivity contribution is 9.10. The molecule has 8 heteroatoms. The molecule has 0 radical (unpaired) electrons. The first kappa shape index (κ1) is 26.1. The van der Waals surface area contributed by atoms with E-state index in [0.717, 1.165) is 31.2 Å². The lowest BCUT2D eigenvalue weighted by molar-refractivity contribution is 0.267. The Morgan fingerprint density at radius 3 is 2.68 bits per heavy atom. The van der Waals surface area contributed by atoms with Gasteiger partial charge >= 0.3 is 0 Å². The standard InChI is InChI=1S/C30H29BrFN3O3/c1-2-37-27-17-21(16-25(31)28(27)38-19-20-9-8-12-23(32)15-20)18-33-35-29(22-10-4-3-5-11-22)34-26-14-7-6-13-24(26)30(35)36/h6-9,12-18,22H,2-5,10-11,19H2,1H3. The first-order valence-electron chi connectivity index (χ1n) is 12.9. The van der Waals surface area contributed by atoms with Crippen LogP contribution in [0.25, 0.3) is 10.9 Å². The zero-order valence-electron chi connectivity index (χ0n) is 21.2. The molecule has 0 N–H and O–H groups in total. The maximum Gasteiger partial charge on any atom is 0.282 e. The van der Waals surface area contributed by atoms with Gasteiger partial charge in [-0.3, -0.25) is 4.79 Å². The van der Waals surface area contributed by atoms with Crippen molar-refractivity contribution < 1.29 is 13.9 Å². The van der Waals surface area contributed by atoms with E-state index in [2.05, 4.69) is 21.0 Å². The molecule has 0 atom stereocenters. The van der Waals surface area contributed by atoms with Gasteiger partial charge in [-0.2, -0.15) is 9.78 Å². The highest BCUT2D eigenvalue weighted by atomic mass is 79.9. The molecule has 0 saturated heterocycles. The Hall–Kier alpha value is -3.52. The van der Waals surface area contributed by atoms with Gasteiger partial charge in [0.25, 0.3) is 5.56 Å². The highest BCUT2D eigenvalue weighted by Crippen LogP contribution is 2.37. The lowest BCUT2D eigenvalue weighted by Crippen LogP contribution is -2.25. The molecule has 196 valence electrons. The van der Waals surface area contributed by atoms with Crippen LogP contribution in [0.1, 0.15) is 61.9 Å². The Bertz CT molecular complexity index is 1530. The van der Waals surface area contributed by atoms with Crippen molar-refractivity contribution in [3.8, 4) is 11.5 Å². The van der Waals surface area contributed by atoms with Crippen molar-refractivity contribution >= 4 is 33.0 Å². The minimum Gasteiger partial charge on any atom is -0.490 e. The maximum atomic E-state index is 13.6. The smallest absolute Gasteiger partial charge is 0.282 e. The fraction of sp³-hybridized carbons (Fsp3) is 0.300. The Balaban J connectivity index is 1.49. The van der Waals surface area contributed by atoms with E-state index in [9.17, 15) is 9.18 Å². The topological polar surface area (TPSA) is 65.7 Å². The van der Waals surface area contributed by atoms with Crippen LogP contribution >= 0.6 is 15.9 Å². The van der Waals surface area contributed by atoms with Crippen LogP contribution in [0, 0.1) is 5.82 Å². The van der Waals surface area contributed by atoms with E-state index in [-0.39, 0.29) is 23.9 Å². The summed E-state index contributed by atoms with van der Waals surface area (Å²) in [6.07, 6.45) is 7.10. The molecule has 0 amide bonds. The highest BCUT2D eigenvalue weighted by Gasteiger charge is 2.22. The molecule has 1 fully saturated rings. The molecule has 38 heavy (non-hydrogen) atoms. The largest absolute Gasteiger partial charge is 0.490 e. The zero-order valence-corrected chi connectivity index (χ0v) is 22.8. The van der Waals surface area contributed by atoms with Gasteiger partial charge in [-0.05, 0) is 83.2 Å². The van der Waals surface area contributed by atoms with E-state index in [1.807, 2.05) is 37.3 Å². The van der Waals surface area contributed by atoms with Crippen molar-refractivity contribution in [3.63, 3.8) is 0 Å². The Morgan fingerprint density at radius 1 is 1.08 bits per heavy atom. The Morgan fingerprint density at radius 2 is 1.89 bits per heavy atom. The SMILES string of the molecule is CCOc1cc(C=Nn2c(C3CCCCC3)nc3ccccc3c2=O)cc(Br)c1OCc1cccc(F)c1. The molecule has 5 rings (SSSR count). The zero-order chi connectivity index (χ0) is 26.5. The summed E-state index contributed by atoms with van der Waals surface area (Å²) in [5, 5.41) is 5.18. The van der Waals surface area contributed by atoms with Crippen molar-refractivity contribution in [1.82, 2.24) is 9.66 Å². The number of fused-ring (bicyclic) bond motifs is 1. The molecule has 3 aromatic carbocycles. The fourth-order valence-corrected chi connectivity index (χ4v) is 5.42. The number of halogens is 2. The molecule has 1 aliphatic rings. The van der Waals surface area contributed by atoms with Crippen molar-refractivity contribution in [2.24, 2.45) is 5.10 Å². The quantitative estimate of drug-likeness (QED) is 0.207. The number of hydrogen-bond donors (Lipinski definition) is 0. The van der Waals surface area contributed by atoms with Crippen LogP contribution in [0.4, 0.5) is 4.39 Å². The van der Waals surface area contributed by atoms with E-state index < -0.39 is 0 Å². The summed E-state index contributed by atoms with van der Waals surface area (Å²) in [6.45, 7) is 2.51. The lowest BCUT2D eigenvalue weighted by atomic mass is 9.88. The van der Waals surface area contributed by atoms with Crippen LogP contribution in [-0.2, 0) is 6.61 Å². The summed E-state index contributed by atoms with van der Waals surface area (Å²) >= 11 is 3.58. The molecule has 6 nitrogen and oxygen atoms in total. The molecule has 1 heterocycles. The number of ether oxygens (including phenoxy) is 2. The minimum absolute atomic E-state index is 0.174. The second-order valence-electron chi connectivity index (χ2n) is 9.37. The molecule has 1 aromatic heterocycles. The number of benzene rings is 3. The average molecular weight is 578 g/mol. The first-order valence-corrected chi connectivity index (χ1v) is 13.7. The number of nitrogens with zero attached hydrogens (tertiary/aromatic N) is 3. The summed E-state index contributed by atoms with van der Waals surface area (Å²) in [6, 6.07) is 17.4. The molecule has 0 spiro atoms. The van der Waals surface area contributed by atoms with Gasteiger partial charge in [0.15, 0.2) is 11.5 Å². The summed E-state index contributed by atoms with van der Waals surface area (Å²) in [4.78, 5) is 18.4. The van der Waals surface area contributed by atoms with Crippen molar-refractivity contribution in [1.29, 1.82) is 0 Å². The van der Waals surface area contributed by atoms with Gasteiger partial charge in [-0.25, -0.2) is 9.37 Å². The van der Waals surface area contributed by atoms with Crippen LogP contribution in [0.5, 0.6) is 11.5 Å². The van der Waals surface area contributed by atoms with Crippen molar-refractivity contribution in [2.45, 2.75) is 51.6 Å². The molecular formula is C30H29BrFN3O3. The lowest BCUT2D eigenvalue weighted by Gasteiger charge is -2.22. The van der Waals surface area contributed by atoms with Gasteiger partial charge in [-0.15, -0.1) is 0 Å². The normalized spacial score (nSPS) is 14.3. The van der Waals surface area contributed by atoms with E-state index in [1.54, 1.807) is 24.4 Å². The van der Waals surface area contributed by atoms with E-state index in [4.69, 9.17) is 14.5 Å². The Labute approximate surface area is 229 Å². The van der Waals surface area contributed by atoms with Gasteiger partial charge in [0.05, 0.1) is 28.2 Å². The monoisotopic (exact) mass is 577 g/mol. The van der Waals surface area contributed by atoms with Gasteiger partial charge in [0.2, 0.25) is 0 Å². The van der Waals surface area contributed by atoms with Crippen LogP contribution in [0.2, 0.25) is 0 Å². The van der Waals surface area contributed by atoms with Crippen LogP contribution in [-0.4, -0.2) is 22.5 Å². The fourth-order valence-electron chi connectivity index (χ4n) is 4.85. The van der Waals surface area contributed by atoms with Crippen LogP contribution in [0.3, 0.4) is 0 Å². The van der Waals surface area contributed by atoms with Gasteiger partial charge in [0.1, 0.15) is 18.2 Å². The first-order chi connectivity index (χ1) is 18.5. The van der Waals surface area contributed by atoms with E-state index >= 15 is 0 Å². The second kappa shape index (κ2) is 11.9. The third-order valence-electron chi connectivity index (χ3n) is 6.68. The molecule has 0 bridgehead atoms. The molecular weight excluding hydrogens is 549 g/mol. The molecule has 1 saturated carbocycles. The van der Waals surface area contributed by atoms with Crippen molar-refractivity contribution in [2.75, 3.05) is 6.61 Å². The summed E-state index contributed by atoms with van der Waals surface area (Å²) in [5.74, 6) is 1.64. The van der Waals surface area contributed by atoms with Crippen LogP contribution in [0.15, 0.2) is 75.0 Å². The van der Waals surface area contributed by atoms with Crippen molar-refractivity contribution in [3.05, 3.63) is 98.3 Å². The van der Waals surface area contributed by atoms with E-state index in [1.165, 1.54) is 23.2 Å². The summed E-state index contributed by atoms with van der Waals surface area (Å²) in [5.41, 5.74) is 1.97. The number of rotatable bonds is 8. The third kappa shape index (κ3) is 5.80. The van der Waals surface area contributed by atoms with Gasteiger partial charge in [0, 0.05) is 5.92 Å². The van der Waals surface area contributed by atoms with E-state index in [0.29, 0.717) is 44.9 Å². The minimum atomic E-state index is -0.312. The second-order valence-corrected chi connectivity index (χ2v) is 10.2. The molecule has 4 aromatic rings. The van der Waals surface area contributed by atoms with Gasteiger partial charge in [-0.1, -0.05) is 43.5 Å². The molecule has 0 unspecified atom stereocenters. The number of hydrogen-bond acceptors (Lipinski definition) is 5. The predicted octanol–water partition coefficient (Wildman–Crippen LogP) is 7.21. The van der Waals surface area contributed by atoms with Gasteiger partial charge < -0.3 is 9.47 Å². The Kier molecular flexibility index (Phi) is 8.17. The average Bonchev–Trinajstić information content (AvgIpc) is 2.93. The molecule has 0 aliphatic heterocycles. The molecule has 1 aliphatic carbocycles. The number of aromatic nitrogens is 2. The third-order valence-corrected chi connectivity index (χ3v) is 7.26. The predicted molar refractivity (Wildman–Crippen MR) is 151 cm³/mol. The maximum absolute atomic E-state index is 13.6.